The molecule has 1 aliphatic carbocycles. The van der Waals surface area contributed by atoms with Crippen LogP contribution >= 0.6 is 0 Å². The van der Waals surface area contributed by atoms with Gasteiger partial charge in [0.2, 0.25) is 0 Å². The zero-order valence-corrected chi connectivity index (χ0v) is 16.4. The normalized spacial score (nSPS) is 15.3. The van der Waals surface area contributed by atoms with Crippen LogP contribution in [0.1, 0.15) is 48.0 Å². The summed E-state index contributed by atoms with van der Waals surface area (Å²) in [6, 6.07) is 13.2. The summed E-state index contributed by atoms with van der Waals surface area (Å²) in [5.74, 6) is 0.455. The summed E-state index contributed by atoms with van der Waals surface area (Å²) in [7, 11) is -3.64. The van der Waals surface area contributed by atoms with Gasteiger partial charge >= 0.3 is 0 Å². The van der Waals surface area contributed by atoms with E-state index in [0.717, 1.165) is 5.56 Å². The van der Waals surface area contributed by atoms with E-state index in [1.54, 1.807) is 48.5 Å². The summed E-state index contributed by atoms with van der Waals surface area (Å²) >= 11 is 0. The van der Waals surface area contributed by atoms with Gasteiger partial charge in [-0.05, 0) is 62.1 Å². The topological polar surface area (TPSA) is 75.3 Å². The Morgan fingerprint density at radius 1 is 0.963 bits per heavy atom. The number of carbonyl (C=O) groups excluding carboxylic acids is 1. The fourth-order valence-corrected chi connectivity index (χ4v) is 4.41. The number of aryl methyl sites for hydroxylation is 1. The molecule has 0 saturated heterocycles. The van der Waals surface area contributed by atoms with Crippen molar-refractivity contribution in [3.05, 3.63) is 59.7 Å². The maximum Gasteiger partial charge on any atom is 0.261 e. The minimum absolute atomic E-state index is 0.117. The number of hydrogen-bond donors (Lipinski definition) is 2. The zero-order valence-electron chi connectivity index (χ0n) is 15.6. The van der Waals surface area contributed by atoms with Crippen LogP contribution in [0.15, 0.2) is 53.4 Å². The Morgan fingerprint density at radius 2 is 1.59 bits per heavy atom. The van der Waals surface area contributed by atoms with E-state index in [0.29, 0.717) is 23.7 Å². The number of benzene rings is 2. The van der Waals surface area contributed by atoms with Crippen LogP contribution in [0.4, 0.5) is 5.69 Å². The van der Waals surface area contributed by atoms with Crippen molar-refractivity contribution in [1.29, 1.82) is 0 Å². The van der Waals surface area contributed by atoms with Gasteiger partial charge < -0.3 is 5.32 Å². The molecule has 0 radical (unpaired) electrons. The van der Waals surface area contributed by atoms with Crippen molar-refractivity contribution in [1.82, 2.24) is 5.32 Å². The highest BCUT2D eigenvalue weighted by Gasteiger charge is 2.16. The third-order valence-corrected chi connectivity index (χ3v) is 6.40. The number of sulfonamides is 1. The van der Waals surface area contributed by atoms with E-state index in [1.807, 2.05) is 6.92 Å². The highest BCUT2D eigenvalue weighted by molar-refractivity contribution is 7.92. The quantitative estimate of drug-likeness (QED) is 0.785. The van der Waals surface area contributed by atoms with Crippen LogP contribution in [0.5, 0.6) is 0 Å². The smallest absolute Gasteiger partial charge is 0.261 e. The Hall–Kier alpha value is -2.34. The molecule has 5 nitrogen and oxygen atoms in total. The first-order valence-electron chi connectivity index (χ1n) is 9.42. The van der Waals surface area contributed by atoms with Crippen LogP contribution in [-0.4, -0.2) is 20.9 Å². The molecule has 0 bridgehead atoms. The predicted octanol–water partition coefficient (Wildman–Crippen LogP) is 4.11. The molecular weight excluding hydrogens is 360 g/mol. The Labute approximate surface area is 161 Å². The molecular formula is C21H26N2O3S. The van der Waals surface area contributed by atoms with Crippen LogP contribution in [0.2, 0.25) is 0 Å². The van der Waals surface area contributed by atoms with E-state index in [9.17, 15) is 13.2 Å². The highest BCUT2D eigenvalue weighted by atomic mass is 32.2. The Kier molecular flexibility index (Phi) is 6.16. The predicted molar refractivity (Wildman–Crippen MR) is 107 cm³/mol. The van der Waals surface area contributed by atoms with Crippen molar-refractivity contribution in [2.24, 2.45) is 5.92 Å². The maximum absolute atomic E-state index is 12.4. The summed E-state index contributed by atoms with van der Waals surface area (Å²) in [6.07, 6.45) is 6.15. The van der Waals surface area contributed by atoms with Crippen molar-refractivity contribution in [3.8, 4) is 0 Å². The molecule has 1 fully saturated rings. The molecule has 144 valence electrons. The largest absolute Gasteiger partial charge is 0.352 e. The maximum atomic E-state index is 12.4. The Balaban J connectivity index is 1.59. The second kappa shape index (κ2) is 8.57. The molecule has 2 aromatic rings. The lowest BCUT2D eigenvalue weighted by atomic mass is 9.89. The minimum atomic E-state index is -3.64. The Bertz CT molecular complexity index is 869. The zero-order chi connectivity index (χ0) is 19.3. The van der Waals surface area contributed by atoms with Crippen molar-refractivity contribution in [2.45, 2.75) is 43.9 Å². The fraction of sp³-hybridized carbons (Fsp3) is 0.381. The SMILES string of the molecule is Cc1ccc(S(=O)(=O)Nc2ccc(C(=O)NCC3CCCCC3)cc2)cc1. The molecule has 3 rings (SSSR count). The summed E-state index contributed by atoms with van der Waals surface area (Å²) in [5, 5.41) is 2.99. The Morgan fingerprint density at radius 3 is 2.22 bits per heavy atom. The van der Waals surface area contributed by atoms with E-state index in [-0.39, 0.29) is 10.8 Å². The number of anilines is 1. The van der Waals surface area contributed by atoms with Gasteiger partial charge in [-0.1, -0.05) is 37.0 Å². The standard InChI is InChI=1S/C21H26N2O3S/c1-16-7-13-20(14-8-16)27(25,26)23-19-11-9-18(10-12-19)21(24)22-15-17-5-3-2-4-6-17/h7-14,17,23H,2-6,15H2,1H3,(H,22,24). The first kappa shape index (κ1) is 19.4. The monoisotopic (exact) mass is 386 g/mol. The van der Waals surface area contributed by atoms with Gasteiger partial charge in [0, 0.05) is 17.8 Å². The van der Waals surface area contributed by atoms with Crippen LogP contribution < -0.4 is 10.0 Å². The van der Waals surface area contributed by atoms with Crippen LogP contribution in [0.3, 0.4) is 0 Å². The minimum Gasteiger partial charge on any atom is -0.352 e. The van der Waals surface area contributed by atoms with Gasteiger partial charge in [0.1, 0.15) is 0 Å². The van der Waals surface area contributed by atoms with Crippen LogP contribution in [0, 0.1) is 12.8 Å². The van der Waals surface area contributed by atoms with Gasteiger partial charge in [-0.2, -0.15) is 0 Å². The summed E-state index contributed by atoms with van der Waals surface area (Å²) in [6.45, 7) is 2.61. The molecule has 0 aliphatic heterocycles. The first-order chi connectivity index (χ1) is 12.9. The molecule has 1 saturated carbocycles. The molecule has 0 atom stereocenters. The van der Waals surface area contributed by atoms with E-state index >= 15 is 0 Å². The third-order valence-electron chi connectivity index (χ3n) is 5.01. The summed E-state index contributed by atoms with van der Waals surface area (Å²) in [4.78, 5) is 12.5. The van der Waals surface area contributed by atoms with Crippen molar-refractivity contribution < 1.29 is 13.2 Å². The first-order valence-corrected chi connectivity index (χ1v) is 10.9. The van der Waals surface area contributed by atoms with Gasteiger partial charge in [0.15, 0.2) is 0 Å². The summed E-state index contributed by atoms with van der Waals surface area (Å²) in [5.41, 5.74) is 1.96. The number of rotatable bonds is 6. The van der Waals surface area contributed by atoms with E-state index in [1.165, 1.54) is 32.1 Å². The number of nitrogens with one attached hydrogen (secondary N) is 2. The van der Waals surface area contributed by atoms with Crippen LogP contribution in [0.25, 0.3) is 0 Å². The van der Waals surface area contributed by atoms with Crippen molar-refractivity contribution in [3.63, 3.8) is 0 Å². The average molecular weight is 387 g/mol. The highest BCUT2D eigenvalue weighted by Crippen LogP contribution is 2.23. The molecule has 27 heavy (non-hydrogen) atoms. The fourth-order valence-electron chi connectivity index (χ4n) is 3.35. The van der Waals surface area contributed by atoms with Gasteiger partial charge in [-0.3, -0.25) is 9.52 Å². The van der Waals surface area contributed by atoms with Gasteiger partial charge in [-0.25, -0.2) is 8.42 Å². The van der Waals surface area contributed by atoms with Crippen molar-refractivity contribution in [2.75, 3.05) is 11.3 Å². The lowest BCUT2D eigenvalue weighted by Crippen LogP contribution is -2.30. The molecule has 0 heterocycles. The number of carbonyl (C=O) groups is 1. The van der Waals surface area contributed by atoms with Gasteiger partial charge in [0.25, 0.3) is 15.9 Å². The van der Waals surface area contributed by atoms with E-state index < -0.39 is 10.0 Å². The second-order valence-corrected chi connectivity index (χ2v) is 8.89. The van der Waals surface area contributed by atoms with E-state index in [2.05, 4.69) is 10.0 Å². The van der Waals surface area contributed by atoms with Crippen LogP contribution in [-0.2, 0) is 10.0 Å². The number of hydrogen-bond acceptors (Lipinski definition) is 3. The van der Waals surface area contributed by atoms with E-state index in [4.69, 9.17) is 0 Å². The lowest BCUT2D eigenvalue weighted by molar-refractivity contribution is 0.0943. The molecule has 1 amide bonds. The average Bonchev–Trinajstić information content (AvgIpc) is 2.67. The second-order valence-electron chi connectivity index (χ2n) is 7.21. The molecule has 2 aromatic carbocycles. The molecule has 0 aromatic heterocycles. The van der Waals surface area contributed by atoms with Gasteiger partial charge in [-0.15, -0.1) is 0 Å². The lowest BCUT2D eigenvalue weighted by Gasteiger charge is -2.21. The third kappa shape index (κ3) is 5.32. The van der Waals surface area contributed by atoms with Gasteiger partial charge in [0.05, 0.1) is 4.90 Å². The molecule has 0 unspecified atom stereocenters. The molecule has 6 heteroatoms. The molecule has 2 N–H and O–H groups in total. The van der Waals surface area contributed by atoms with Crippen molar-refractivity contribution >= 4 is 21.6 Å². The summed E-state index contributed by atoms with van der Waals surface area (Å²) < 4.78 is 27.4. The number of amides is 1. The molecule has 1 aliphatic rings. The molecule has 0 spiro atoms.